The largest absolute Gasteiger partial charge is 0.481 e. The standard InChI is InChI=1S/C15H23N3O2/c1-17-7-3-2-4-12(17)8-14-16-9-13-6-5-11(15(19)20)10-18(13)14/h9,11-12H,2-8,10H2,1H3,(H,19,20). The molecule has 0 amide bonds. The number of imidazole rings is 1. The van der Waals surface area contributed by atoms with Gasteiger partial charge in [0.1, 0.15) is 5.82 Å². The van der Waals surface area contributed by atoms with Gasteiger partial charge in [-0.3, -0.25) is 4.79 Å². The van der Waals surface area contributed by atoms with E-state index in [1.54, 1.807) is 0 Å². The number of carboxylic acids is 1. The fraction of sp³-hybridized carbons (Fsp3) is 0.733. The van der Waals surface area contributed by atoms with Crippen LogP contribution in [0.5, 0.6) is 0 Å². The third kappa shape index (κ3) is 2.59. The van der Waals surface area contributed by atoms with Crippen LogP contribution in [0, 0.1) is 5.92 Å². The van der Waals surface area contributed by atoms with E-state index < -0.39 is 5.97 Å². The smallest absolute Gasteiger partial charge is 0.308 e. The Labute approximate surface area is 119 Å². The van der Waals surface area contributed by atoms with E-state index in [1.807, 2.05) is 6.20 Å². The SMILES string of the molecule is CN1CCCCC1Cc1ncc2n1CC(C(=O)O)CC2. The highest BCUT2D eigenvalue weighted by Crippen LogP contribution is 2.24. The first-order valence-corrected chi connectivity index (χ1v) is 7.61. The summed E-state index contributed by atoms with van der Waals surface area (Å²) in [7, 11) is 2.18. The fourth-order valence-electron chi connectivity index (χ4n) is 3.49. The molecule has 110 valence electrons. The second-order valence-corrected chi connectivity index (χ2v) is 6.18. The monoisotopic (exact) mass is 277 g/mol. The zero-order valence-electron chi connectivity index (χ0n) is 12.1. The average molecular weight is 277 g/mol. The number of nitrogens with zero attached hydrogens (tertiary/aromatic N) is 3. The number of hydrogen-bond donors (Lipinski definition) is 1. The lowest BCUT2D eigenvalue weighted by atomic mass is 9.97. The summed E-state index contributed by atoms with van der Waals surface area (Å²) in [5.74, 6) is 0.148. The molecule has 1 fully saturated rings. The number of aryl methyl sites for hydroxylation is 1. The minimum absolute atomic E-state index is 0.250. The van der Waals surface area contributed by atoms with E-state index in [0.717, 1.165) is 31.6 Å². The highest BCUT2D eigenvalue weighted by Gasteiger charge is 2.28. The lowest BCUT2D eigenvalue weighted by molar-refractivity contribution is -0.142. The minimum atomic E-state index is -0.676. The van der Waals surface area contributed by atoms with Crippen molar-refractivity contribution in [3.63, 3.8) is 0 Å². The van der Waals surface area contributed by atoms with Gasteiger partial charge in [-0.1, -0.05) is 6.42 Å². The van der Waals surface area contributed by atoms with Crippen LogP contribution in [-0.2, 0) is 24.2 Å². The first kappa shape index (κ1) is 13.6. The molecule has 1 saturated heterocycles. The molecule has 0 aliphatic carbocycles. The van der Waals surface area contributed by atoms with Crippen LogP contribution in [-0.4, -0.2) is 45.2 Å². The van der Waals surface area contributed by atoms with Crippen molar-refractivity contribution in [2.45, 2.75) is 51.1 Å². The summed E-state index contributed by atoms with van der Waals surface area (Å²) in [6.45, 7) is 1.76. The van der Waals surface area contributed by atoms with Crippen LogP contribution in [0.4, 0.5) is 0 Å². The summed E-state index contributed by atoms with van der Waals surface area (Å²) in [6, 6.07) is 0.556. The van der Waals surface area contributed by atoms with Crippen molar-refractivity contribution in [2.75, 3.05) is 13.6 Å². The van der Waals surface area contributed by atoms with Gasteiger partial charge in [-0.05, 0) is 39.3 Å². The van der Waals surface area contributed by atoms with E-state index in [9.17, 15) is 9.90 Å². The van der Waals surface area contributed by atoms with E-state index in [-0.39, 0.29) is 5.92 Å². The molecule has 5 nitrogen and oxygen atoms in total. The van der Waals surface area contributed by atoms with Gasteiger partial charge in [0, 0.05) is 30.9 Å². The van der Waals surface area contributed by atoms with Crippen molar-refractivity contribution in [3.05, 3.63) is 17.7 Å². The number of likely N-dealkylation sites (N-methyl/N-ethyl adjacent to an activating group) is 1. The number of piperidine rings is 1. The average Bonchev–Trinajstić information content (AvgIpc) is 2.84. The Balaban J connectivity index is 1.75. The molecule has 1 N–H and O–H groups in total. The van der Waals surface area contributed by atoms with Crippen molar-refractivity contribution < 1.29 is 9.90 Å². The second-order valence-electron chi connectivity index (χ2n) is 6.18. The molecule has 1 aromatic heterocycles. The van der Waals surface area contributed by atoms with Gasteiger partial charge >= 0.3 is 5.97 Å². The molecule has 0 bridgehead atoms. The van der Waals surface area contributed by atoms with E-state index in [0.29, 0.717) is 12.6 Å². The van der Waals surface area contributed by atoms with Gasteiger partial charge in [0.25, 0.3) is 0 Å². The van der Waals surface area contributed by atoms with Crippen LogP contribution >= 0.6 is 0 Å². The lowest BCUT2D eigenvalue weighted by Gasteiger charge is -2.32. The number of aliphatic carboxylic acids is 1. The van der Waals surface area contributed by atoms with Crippen LogP contribution in [0.25, 0.3) is 0 Å². The molecule has 0 spiro atoms. The quantitative estimate of drug-likeness (QED) is 0.911. The molecule has 2 aliphatic rings. The normalized spacial score (nSPS) is 27.2. The Hall–Kier alpha value is -1.36. The van der Waals surface area contributed by atoms with E-state index in [4.69, 9.17) is 0 Å². The fourth-order valence-corrected chi connectivity index (χ4v) is 3.49. The van der Waals surface area contributed by atoms with Gasteiger partial charge in [0.05, 0.1) is 5.92 Å². The third-order valence-electron chi connectivity index (χ3n) is 4.86. The maximum Gasteiger partial charge on any atom is 0.308 e. The Morgan fingerprint density at radius 3 is 3.05 bits per heavy atom. The molecule has 0 saturated carbocycles. The molecule has 3 rings (SSSR count). The Kier molecular flexibility index (Phi) is 3.78. The summed E-state index contributed by atoms with van der Waals surface area (Å²) < 4.78 is 2.16. The van der Waals surface area contributed by atoms with Gasteiger partial charge in [-0.15, -0.1) is 0 Å². The van der Waals surface area contributed by atoms with Crippen molar-refractivity contribution in [1.82, 2.24) is 14.5 Å². The van der Waals surface area contributed by atoms with Gasteiger partial charge < -0.3 is 14.6 Å². The molecule has 3 heterocycles. The second kappa shape index (κ2) is 5.56. The summed E-state index contributed by atoms with van der Waals surface area (Å²) in [4.78, 5) is 18.2. The molecule has 20 heavy (non-hydrogen) atoms. The van der Waals surface area contributed by atoms with Crippen LogP contribution < -0.4 is 0 Å². The number of carbonyl (C=O) groups is 1. The van der Waals surface area contributed by atoms with Crippen molar-refractivity contribution in [1.29, 1.82) is 0 Å². The Morgan fingerprint density at radius 1 is 1.45 bits per heavy atom. The molecule has 2 aliphatic heterocycles. The summed E-state index contributed by atoms with van der Waals surface area (Å²) in [6.07, 6.45) is 8.27. The van der Waals surface area contributed by atoms with Gasteiger partial charge in [0.2, 0.25) is 0 Å². The molecule has 2 atom stereocenters. The first-order valence-electron chi connectivity index (χ1n) is 7.61. The molecular weight excluding hydrogens is 254 g/mol. The summed E-state index contributed by atoms with van der Waals surface area (Å²) >= 11 is 0. The third-order valence-corrected chi connectivity index (χ3v) is 4.86. The van der Waals surface area contributed by atoms with Crippen molar-refractivity contribution in [2.24, 2.45) is 5.92 Å². The van der Waals surface area contributed by atoms with E-state index >= 15 is 0 Å². The molecule has 0 radical (unpaired) electrons. The lowest BCUT2D eigenvalue weighted by Crippen LogP contribution is -2.38. The predicted octanol–water partition coefficient (Wildman–Crippen LogP) is 1.56. The maximum atomic E-state index is 11.2. The Bertz CT molecular complexity index is 497. The number of hydrogen-bond acceptors (Lipinski definition) is 3. The summed E-state index contributed by atoms with van der Waals surface area (Å²) in [5, 5.41) is 9.21. The van der Waals surface area contributed by atoms with Crippen LogP contribution in [0.3, 0.4) is 0 Å². The van der Waals surface area contributed by atoms with Crippen LogP contribution in [0.15, 0.2) is 6.20 Å². The van der Waals surface area contributed by atoms with E-state index in [1.165, 1.54) is 25.0 Å². The van der Waals surface area contributed by atoms with Gasteiger partial charge in [-0.2, -0.15) is 0 Å². The van der Waals surface area contributed by atoms with Crippen molar-refractivity contribution in [3.8, 4) is 0 Å². The van der Waals surface area contributed by atoms with Gasteiger partial charge in [0.15, 0.2) is 0 Å². The molecule has 5 heteroatoms. The minimum Gasteiger partial charge on any atom is -0.481 e. The summed E-state index contributed by atoms with van der Waals surface area (Å²) in [5.41, 5.74) is 1.20. The zero-order chi connectivity index (χ0) is 14.1. The van der Waals surface area contributed by atoms with Crippen LogP contribution in [0.2, 0.25) is 0 Å². The maximum absolute atomic E-state index is 11.2. The number of carboxylic acid groups (broad SMARTS) is 1. The molecular formula is C15H23N3O2. The molecule has 0 aromatic carbocycles. The highest BCUT2D eigenvalue weighted by molar-refractivity contribution is 5.70. The van der Waals surface area contributed by atoms with E-state index in [2.05, 4.69) is 21.5 Å². The first-order chi connectivity index (χ1) is 9.65. The Morgan fingerprint density at radius 2 is 2.30 bits per heavy atom. The number of aromatic nitrogens is 2. The predicted molar refractivity (Wildman–Crippen MR) is 75.6 cm³/mol. The van der Waals surface area contributed by atoms with Gasteiger partial charge in [-0.25, -0.2) is 4.98 Å². The highest BCUT2D eigenvalue weighted by atomic mass is 16.4. The molecule has 2 unspecified atom stereocenters. The molecule has 1 aromatic rings. The number of fused-ring (bicyclic) bond motifs is 1. The van der Waals surface area contributed by atoms with Crippen LogP contribution in [0.1, 0.15) is 37.2 Å². The van der Waals surface area contributed by atoms with Crippen molar-refractivity contribution >= 4 is 5.97 Å². The topological polar surface area (TPSA) is 58.4 Å². The number of likely N-dealkylation sites (tertiary alicyclic amines) is 1. The zero-order valence-corrected chi connectivity index (χ0v) is 12.1. The number of rotatable bonds is 3.